The molecule has 0 spiro atoms. The molecule has 1 amide bonds. The molecule has 1 N–H and O–H groups in total. The van der Waals surface area contributed by atoms with Gasteiger partial charge in [-0.25, -0.2) is 5.43 Å². The lowest BCUT2D eigenvalue weighted by Crippen LogP contribution is -2.12. The molecule has 20 heavy (non-hydrogen) atoms. The molecule has 0 atom stereocenters. The van der Waals surface area contributed by atoms with Crippen molar-refractivity contribution in [3.8, 4) is 11.5 Å². The number of methoxy groups -OCH3 is 1. The van der Waals surface area contributed by atoms with Gasteiger partial charge < -0.3 is 9.47 Å². The van der Waals surface area contributed by atoms with Crippen LogP contribution in [-0.2, 0) is 4.79 Å². The van der Waals surface area contributed by atoms with Gasteiger partial charge in [-0.2, -0.15) is 5.10 Å². The maximum Gasteiger partial charge on any atom is 0.246 e. The third kappa shape index (κ3) is 2.61. The Morgan fingerprint density at radius 1 is 1.25 bits per heavy atom. The Labute approximate surface area is 118 Å². The predicted octanol–water partition coefficient (Wildman–Crippen LogP) is 2.24. The van der Waals surface area contributed by atoms with Gasteiger partial charge >= 0.3 is 0 Å². The van der Waals surface area contributed by atoms with Crippen molar-refractivity contribution in [3.05, 3.63) is 23.8 Å². The van der Waals surface area contributed by atoms with Crippen LogP contribution < -0.4 is 14.9 Å². The molecule has 3 rings (SSSR count). The van der Waals surface area contributed by atoms with Gasteiger partial charge in [-0.3, -0.25) is 4.79 Å². The quantitative estimate of drug-likeness (QED) is 0.916. The van der Waals surface area contributed by atoms with Crippen LogP contribution >= 0.6 is 0 Å². The molecule has 1 fully saturated rings. The first kappa shape index (κ1) is 13.0. The van der Waals surface area contributed by atoms with Gasteiger partial charge in [0.05, 0.1) is 25.3 Å². The summed E-state index contributed by atoms with van der Waals surface area (Å²) in [6, 6.07) is 5.70. The number of nitrogens with one attached hydrogen (secondary N) is 1. The molecule has 1 aromatic carbocycles. The lowest BCUT2D eigenvalue weighted by Gasteiger charge is -2.16. The standard InChI is InChI=1S/C15H18N2O3/c1-19-14-8-10(12-9-15(18)17-16-12)6-7-13(14)20-11-4-2-3-5-11/h6-8,11H,2-5,9H2,1H3,(H,17,18). The number of amides is 1. The first-order valence-corrected chi connectivity index (χ1v) is 6.97. The first-order chi connectivity index (χ1) is 9.76. The summed E-state index contributed by atoms with van der Waals surface area (Å²) in [4.78, 5) is 11.2. The molecule has 5 heteroatoms. The second kappa shape index (κ2) is 5.53. The van der Waals surface area contributed by atoms with E-state index in [-0.39, 0.29) is 5.91 Å². The van der Waals surface area contributed by atoms with E-state index in [1.807, 2.05) is 18.2 Å². The molecule has 106 valence electrons. The van der Waals surface area contributed by atoms with Crippen LogP contribution in [0.3, 0.4) is 0 Å². The summed E-state index contributed by atoms with van der Waals surface area (Å²) in [7, 11) is 1.63. The van der Waals surface area contributed by atoms with Crippen molar-refractivity contribution in [1.82, 2.24) is 5.43 Å². The van der Waals surface area contributed by atoms with Crippen molar-refractivity contribution in [1.29, 1.82) is 0 Å². The van der Waals surface area contributed by atoms with Crippen molar-refractivity contribution in [2.24, 2.45) is 5.10 Å². The predicted molar refractivity (Wildman–Crippen MR) is 75.2 cm³/mol. The summed E-state index contributed by atoms with van der Waals surface area (Å²) in [5.41, 5.74) is 4.08. The molecule has 0 bridgehead atoms. The van der Waals surface area contributed by atoms with Gasteiger partial charge in [0, 0.05) is 5.56 Å². The van der Waals surface area contributed by atoms with Crippen LogP contribution in [0.25, 0.3) is 0 Å². The topological polar surface area (TPSA) is 59.9 Å². The van der Waals surface area contributed by atoms with Crippen LogP contribution in [0.2, 0.25) is 0 Å². The van der Waals surface area contributed by atoms with Crippen molar-refractivity contribution in [3.63, 3.8) is 0 Å². The molecular formula is C15H18N2O3. The van der Waals surface area contributed by atoms with Crippen molar-refractivity contribution < 1.29 is 14.3 Å². The maximum atomic E-state index is 11.2. The fourth-order valence-corrected chi connectivity index (χ4v) is 2.66. The fourth-order valence-electron chi connectivity index (χ4n) is 2.66. The van der Waals surface area contributed by atoms with Crippen LogP contribution in [0, 0.1) is 0 Å². The number of carbonyl (C=O) groups excluding carboxylic acids is 1. The van der Waals surface area contributed by atoms with E-state index in [1.165, 1.54) is 12.8 Å². The summed E-state index contributed by atoms with van der Waals surface area (Å²) in [5.74, 6) is 1.38. The van der Waals surface area contributed by atoms with Gasteiger partial charge in [0.15, 0.2) is 11.5 Å². The van der Waals surface area contributed by atoms with E-state index in [1.54, 1.807) is 7.11 Å². The molecule has 1 aliphatic heterocycles. The van der Waals surface area contributed by atoms with E-state index in [9.17, 15) is 4.79 Å². The van der Waals surface area contributed by atoms with E-state index in [4.69, 9.17) is 9.47 Å². The largest absolute Gasteiger partial charge is 0.493 e. The molecule has 1 saturated carbocycles. The second-order valence-corrected chi connectivity index (χ2v) is 5.16. The number of nitrogens with zero attached hydrogens (tertiary/aromatic N) is 1. The van der Waals surface area contributed by atoms with Crippen LogP contribution in [0.4, 0.5) is 0 Å². The van der Waals surface area contributed by atoms with E-state index < -0.39 is 0 Å². The van der Waals surface area contributed by atoms with Gasteiger partial charge in [-0.15, -0.1) is 0 Å². The Balaban J connectivity index is 1.80. The monoisotopic (exact) mass is 274 g/mol. The molecule has 2 aliphatic rings. The lowest BCUT2D eigenvalue weighted by atomic mass is 10.1. The average Bonchev–Trinajstić information content (AvgIpc) is 3.11. The second-order valence-electron chi connectivity index (χ2n) is 5.16. The summed E-state index contributed by atoms with van der Waals surface area (Å²) in [5, 5.41) is 4.02. The number of hydrazone groups is 1. The SMILES string of the molecule is COc1cc(C2=NNC(=O)C2)ccc1OC1CCCC1. The molecule has 1 heterocycles. The zero-order valence-corrected chi connectivity index (χ0v) is 11.5. The number of benzene rings is 1. The van der Waals surface area contributed by atoms with E-state index in [0.717, 1.165) is 29.9 Å². The number of ether oxygens (including phenoxy) is 2. The number of hydrogen-bond acceptors (Lipinski definition) is 4. The van der Waals surface area contributed by atoms with E-state index in [0.29, 0.717) is 18.3 Å². The van der Waals surface area contributed by atoms with Crippen molar-refractivity contribution >= 4 is 11.6 Å². The average molecular weight is 274 g/mol. The minimum Gasteiger partial charge on any atom is -0.493 e. The summed E-state index contributed by atoms with van der Waals surface area (Å²) in [6.45, 7) is 0. The molecular weight excluding hydrogens is 256 g/mol. The summed E-state index contributed by atoms with van der Waals surface area (Å²) < 4.78 is 11.4. The number of rotatable bonds is 4. The van der Waals surface area contributed by atoms with Gasteiger partial charge in [-0.05, 0) is 43.9 Å². The van der Waals surface area contributed by atoms with Crippen LogP contribution in [0.1, 0.15) is 37.7 Å². The number of hydrogen-bond donors (Lipinski definition) is 1. The maximum absolute atomic E-state index is 11.2. The first-order valence-electron chi connectivity index (χ1n) is 6.97. The van der Waals surface area contributed by atoms with Crippen LogP contribution in [-0.4, -0.2) is 24.8 Å². The molecule has 0 radical (unpaired) electrons. The molecule has 0 aromatic heterocycles. The minimum absolute atomic E-state index is 0.0785. The zero-order chi connectivity index (χ0) is 13.9. The highest BCUT2D eigenvalue weighted by Crippen LogP contribution is 2.32. The van der Waals surface area contributed by atoms with E-state index >= 15 is 0 Å². The van der Waals surface area contributed by atoms with Crippen LogP contribution in [0.5, 0.6) is 11.5 Å². The Bertz CT molecular complexity index is 548. The smallest absolute Gasteiger partial charge is 0.246 e. The molecule has 5 nitrogen and oxygen atoms in total. The number of carbonyl (C=O) groups is 1. The normalized spacial score (nSPS) is 18.9. The summed E-state index contributed by atoms with van der Waals surface area (Å²) in [6.07, 6.45) is 5.28. The third-order valence-electron chi connectivity index (χ3n) is 3.74. The minimum atomic E-state index is -0.0785. The highest BCUT2D eigenvalue weighted by molar-refractivity contribution is 6.13. The van der Waals surface area contributed by atoms with Crippen molar-refractivity contribution in [2.75, 3.05) is 7.11 Å². The van der Waals surface area contributed by atoms with Gasteiger partial charge in [-0.1, -0.05) is 0 Å². The Hall–Kier alpha value is -2.04. The van der Waals surface area contributed by atoms with Gasteiger partial charge in [0.25, 0.3) is 0 Å². The van der Waals surface area contributed by atoms with Crippen molar-refractivity contribution in [2.45, 2.75) is 38.2 Å². The Morgan fingerprint density at radius 3 is 2.70 bits per heavy atom. The fraction of sp³-hybridized carbons (Fsp3) is 0.467. The zero-order valence-electron chi connectivity index (χ0n) is 11.5. The molecule has 1 aliphatic carbocycles. The summed E-state index contributed by atoms with van der Waals surface area (Å²) >= 11 is 0. The highest BCUT2D eigenvalue weighted by atomic mass is 16.5. The molecule has 0 saturated heterocycles. The molecule has 1 aromatic rings. The van der Waals surface area contributed by atoms with E-state index in [2.05, 4.69) is 10.5 Å². The lowest BCUT2D eigenvalue weighted by molar-refractivity contribution is -0.119. The Morgan fingerprint density at radius 2 is 2.05 bits per heavy atom. The molecule has 0 unspecified atom stereocenters. The van der Waals surface area contributed by atoms with Gasteiger partial charge in [0.2, 0.25) is 5.91 Å². The van der Waals surface area contributed by atoms with Gasteiger partial charge in [0.1, 0.15) is 0 Å². The van der Waals surface area contributed by atoms with Crippen LogP contribution in [0.15, 0.2) is 23.3 Å². The third-order valence-corrected chi connectivity index (χ3v) is 3.74. The highest BCUT2D eigenvalue weighted by Gasteiger charge is 2.21. The Kier molecular flexibility index (Phi) is 3.58.